The maximum Gasteiger partial charge on any atom is 0.0456 e. The zero-order valence-corrected chi connectivity index (χ0v) is 10.3. The van der Waals surface area contributed by atoms with Gasteiger partial charge in [-0.15, -0.1) is 0 Å². The van der Waals surface area contributed by atoms with Gasteiger partial charge in [-0.3, -0.25) is 0 Å². The van der Waals surface area contributed by atoms with Crippen molar-refractivity contribution < 1.29 is 0 Å². The molecule has 1 aromatic heterocycles. The Labute approximate surface area is 96.9 Å². The van der Waals surface area contributed by atoms with Crippen LogP contribution in [0.15, 0.2) is 24.3 Å². The summed E-state index contributed by atoms with van der Waals surface area (Å²) in [5.41, 5.74) is 9.57. The third-order valence-corrected chi connectivity index (χ3v) is 2.96. The molecule has 0 fully saturated rings. The van der Waals surface area contributed by atoms with E-state index in [1.54, 1.807) is 0 Å². The van der Waals surface area contributed by atoms with Crippen LogP contribution in [0.3, 0.4) is 0 Å². The fraction of sp³-hybridized carbons (Fsp3) is 0.429. The first-order valence-electron chi connectivity index (χ1n) is 5.83. The zero-order valence-electron chi connectivity index (χ0n) is 10.3. The Morgan fingerprint density at radius 1 is 1.19 bits per heavy atom. The fourth-order valence-corrected chi connectivity index (χ4v) is 1.95. The lowest BCUT2D eigenvalue weighted by Crippen LogP contribution is -2.10. The van der Waals surface area contributed by atoms with Crippen molar-refractivity contribution in [3.8, 4) is 0 Å². The van der Waals surface area contributed by atoms with Gasteiger partial charge in [0.25, 0.3) is 0 Å². The first kappa shape index (κ1) is 11.2. The van der Waals surface area contributed by atoms with Gasteiger partial charge in [0.2, 0.25) is 0 Å². The maximum absolute atomic E-state index is 5.56. The Balaban J connectivity index is 2.46. The SMILES string of the molecule is CC(C)(C)c1ccc2[nH]c(CCN)cc2c1. The van der Waals surface area contributed by atoms with Crippen molar-refractivity contribution in [3.63, 3.8) is 0 Å². The number of H-pyrrole nitrogens is 1. The minimum Gasteiger partial charge on any atom is -0.358 e. The Bertz CT molecular complexity index is 489. The number of nitrogens with one attached hydrogen (secondary N) is 1. The van der Waals surface area contributed by atoms with Crippen LogP contribution in [0.2, 0.25) is 0 Å². The van der Waals surface area contributed by atoms with Crippen molar-refractivity contribution in [2.45, 2.75) is 32.6 Å². The van der Waals surface area contributed by atoms with Crippen molar-refractivity contribution in [1.29, 1.82) is 0 Å². The maximum atomic E-state index is 5.56. The third-order valence-electron chi connectivity index (χ3n) is 2.96. The first-order chi connectivity index (χ1) is 7.50. The van der Waals surface area contributed by atoms with Crippen LogP contribution in [0.4, 0.5) is 0 Å². The molecule has 0 saturated heterocycles. The van der Waals surface area contributed by atoms with Crippen molar-refractivity contribution in [2.75, 3.05) is 6.54 Å². The van der Waals surface area contributed by atoms with Crippen molar-refractivity contribution >= 4 is 10.9 Å². The summed E-state index contributed by atoms with van der Waals surface area (Å²) in [6.45, 7) is 7.41. The Morgan fingerprint density at radius 2 is 1.94 bits per heavy atom. The first-order valence-corrected chi connectivity index (χ1v) is 5.83. The summed E-state index contributed by atoms with van der Waals surface area (Å²) >= 11 is 0. The largest absolute Gasteiger partial charge is 0.358 e. The molecule has 2 nitrogen and oxygen atoms in total. The molecule has 86 valence electrons. The second-order valence-corrected chi connectivity index (χ2v) is 5.39. The molecule has 2 rings (SSSR count). The number of hydrogen-bond donors (Lipinski definition) is 2. The molecule has 0 amide bonds. The van der Waals surface area contributed by atoms with E-state index in [0.717, 1.165) is 6.42 Å². The van der Waals surface area contributed by atoms with Gasteiger partial charge in [-0.05, 0) is 47.5 Å². The van der Waals surface area contributed by atoms with Crippen LogP contribution >= 0.6 is 0 Å². The van der Waals surface area contributed by atoms with E-state index in [2.05, 4.69) is 50.0 Å². The van der Waals surface area contributed by atoms with Crippen molar-refractivity contribution in [1.82, 2.24) is 4.98 Å². The number of hydrogen-bond acceptors (Lipinski definition) is 1. The lowest BCUT2D eigenvalue weighted by atomic mass is 9.86. The van der Waals surface area contributed by atoms with Gasteiger partial charge in [-0.25, -0.2) is 0 Å². The second-order valence-electron chi connectivity index (χ2n) is 5.39. The topological polar surface area (TPSA) is 41.8 Å². The second kappa shape index (κ2) is 3.95. The Hall–Kier alpha value is -1.28. The van der Waals surface area contributed by atoms with Crippen LogP contribution < -0.4 is 5.73 Å². The Kier molecular flexibility index (Phi) is 2.76. The standard InChI is InChI=1S/C14H20N2/c1-14(2,3)11-4-5-13-10(8-11)9-12(16-13)6-7-15/h4-5,8-9,16H,6-7,15H2,1-3H3. The van der Waals surface area contributed by atoms with Crippen LogP contribution in [0, 0.1) is 0 Å². The van der Waals surface area contributed by atoms with Gasteiger partial charge < -0.3 is 10.7 Å². The number of nitrogens with two attached hydrogens (primary N) is 1. The highest BCUT2D eigenvalue weighted by Gasteiger charge is 2.14. The number of fused-ring (bicyclic) bond motifs is 1. The minimum atomic E-state index is 0.208. The van der Waals surface area contributed by atoms with Gasteiger partial charge in [-0.2, -0.15) is 0 Å². The molecule has 2 heteroatoms. The normalized spacial score (nSPS) is 12.2. The number of aromatic amines is 1. The molecule has 0 spiro atoms. The lowest BCUT2D eigenvalue weighted by Gasteiger charge is -2.18. The predicted molar refractivity (Wildman–Crippen MR) is 69.8 cm³/mol. The van der Waals surface area contributed by atoms with Crippen LogP contribution in [0.5, 0.6) is 0 Å². The van der Waals surface area contributed by atoms with Crippen LogP contribution in [-0.2, 0) is 11.8 Å². The summed E-state index contributed by atoms with van der Waals surface area (Å²) in [7, 11) is 0. The molecular formula is C14H20N2. The molecule has 0 aliphatic rings. The van der Waals surface area contributed by atoms with Gasteiger partial charge in [0.15, 0.2) is 0 Å². The molecule has 0 saturated carbocycles. The molecule has 0 aliphatic heterocycles. The molecule has 1 heterocycles. The van der Waals surface area contributed by atoms with E-state index in [-0.39, 0.29) is 5.41 Å². The van der Waals surface area contributed by atoms with E-state index in [9.17, 15) is 0 Å². The molecule has 0 unspecified atom stereocenters. The van der Waals surface area contributed by atoms with Crippen LogP contribution in [0.25, 0.3) is 10.9 Å². The molecule has 0 atom stereocenters. The molecule has 2 aromatic rings. The molecule has 3 N–H and O–H groups in total. The van der Waals surface area contributed by atoms with Gasteiger partial charge >= 0.3 is 0 Å². The van der Waals surface area contributed by atoms with Gasteiger partial charge in [-0.1, -0.05) is 26.8 Å². The third kappa shape index (κ3) is 2.12. The Morgan fingerprint density at radius 3 is 2.56 bits per heavy atom. The molecule has 0 radical (unpaired) electrons. The summed E-state index contributed by atoms with van der Waals surface area (Å²) in [6.07, 6.45) is 0.916. The molecule has 1 aromatic carbocycles. The summed E-state index contributed by atoms with van der Waals surface area (Å²) in [5.74, 6) is 0. The summed E-state index contributed by atoms with van der Waals surface area (Å²) in [4.78, 5) is 3.40. The summed E-state index contributed by atoms with van der Waals surface area (Å²) < 4.78 is 0. The molecule has 0 aliphatic carbocycles. The average molecular weight is 216 g/mol. The van der Waals surface area contributed by atoms with E-state index in [1.165, 1.54) is 22.2 Å². The highest BCUT2D eigenvalue weighted by molar-refractivity contribution is 5.81. The molecule has 16 heavy (non-hydrogen) atoms. The van der Waals surface area contributed by atoms with Crippen molar-refractivity contribution in [2.24, 2.45) is 5.73 Å². The average Bonchev–Trinajstić information content (AvgIpc) is 2.57. The quantitative estimate of drug-likeness (QED) is 0.796. The van der Waals surface area contributed by atoms with Gasteiger partial charge in [0, 0.05) is 11.2 Å². The lowest BCUT2D eigenvalue weighted by molar-refractivity contribution is 0.591. The monoisotopic (exact) mass is 216 g/mol. The van der Waals surface area contributed by atoms with Crippen LogP contribution in [-0.4, -0.2) is 11.5 Å². The fourth-order valence-electron chi connectivity index (χ4n) is 1.95. The number of aromatic nitrogens is 1. The number of rotatable bonds is 2. The highest BCUT2D eigenvalue weighted by Crippen LogP contribution is 2.26. The smallest absolute Gasteiger partial charge is 0.0456 e. The minimum absolute atomic E-state index is 0.208. The van der Waals surface area contributed by atoms with Crippen LogP contribution in [0.1, 0.15) is 32.0 Å². The van der Waals surface area contributed by atoms with E-state index in [1.807, 2.05) is 0 Å². The highest BCUT2D eigenvalue weighted by atomic mass is 14.7. The summed E-state index contributed by atoms with van der Waals surface area (Å²) in [6, 6.07) is 8.84. The van der Waals surface area contributed by atoms with E-state index >= 15 is 0 Å². The van der Waals surface area contributed by atoms with Gasteiger partial charge in [0.05, 0.1) is 0 Å². The van der Waals surface area contributed by atoms with Crippen molar-refractivity contribution in [3.05, 3.63) is 35.5 Å². The van der Waals surface area contributed by atoms with Gasteiger partial charge in [0.1, 0.15) is 0 Å². The zero-order chi connectivity index (χ0) is 11.8. The van der Waals surface area contributed by atoms with E-state index < -0.39 is 0 Å². The predicted octanol–water partition coefficient (Wildman–Crippen LogP) is 2.97. The number of benzene rings is 1. The molecular weight excluding hydrogens is 196 g/mol. The summed E-state index contributed by atoms with van der Waals surface area (Å²) in [5, 5.41) is 1.29. The van der Waals surface area contributed by atoms with E-state index in [0.29, 0.717) is 6.54 Å². The molecule has 0 bridgehead atoms. The van der Waals surface area contributed by atoms with E-state index in [4.69, 9.17) is 5.73 Å².